The standard InChI is InChI=1S/C13H23N3O3/c1-9(2)12(18)16-7-6-15(8-11(16)17)13(19)14(5)10(3)4/h9-10H,6-8H2,1-5H3. The molecular weight excluding hydrogens is 246 g/mol. The number of urea groups is 1. The van der Waals surface area contributed by atoms with Gasteiger partial charge in [0.25, 0.3) is 0 Å². The van der Waals surface area contributed by atoms with Crippen molar-refractivity contribution in [3.8, 4) is 0 Å². The van der Waals surface area contributed by atoms with E-state index in [2.05, 4.69) is 0 Å². The van der Waals surface area contributed by atoms with Crippen LogP contribution in [0.25, 0.3) is 0 Å². The van der Waals surface area contributed by atoms with E-state index in [-0.39, 0.29) is 42.9 Å². The van der Waals surface area contributed by atoms with Crippen molar-refractivity contribution in [2.24, 2.45) is 5.92 Å². The zero-order valence-corrected chi connectivity index (χ0v) is 12.3. The Balaban J connectivity index is 2.66. The zero-order chi connectivity index (χ0) is 14.7. The minimum absolute atomic E-state index is 0.0195. The summed E-state index contributed by atoms with van der Waals surface area (Å²) in [6.07, 6.45) is 0. The fourth-order valence-corrected chi connectivity index (χ4v) is 1.83. The first-order chi connectivity index (χ1) is 8.75. The molecular formula is C13H23N3O3. The molecule has 6 heteroatoms. The maximum atomic E-state index is 12.1. The van der Waals surface area contributed by atoms with E-state index in [9.17, 15) is 14.4 Å². The lowest BCUT2D eigenvalue weighted by Crippen LogP contribution is -2.57. The van der Waals surface area contributed by atoms with Crippen molar-refractivity contribution in [1.82, 2.24) is 14.7 Å². The van der Waals surface area contributed by atoms with E-state index >= 15 is 0 Å². The molecule has 108 valence electrons. The molecule has 4 amide bonds. The zero-order valence-electron chi connectivity index (χ0n) is 12.3. The van der Waals surface area contributed by atoms with Gasteiger partial charge >= 0.3 is 6.03 Å². The quantitative estimate of drug-likeness (QED) is 0.744. The summed E-state index contributed by atoms with van der Waals surface area (Å²) in [6, 6.07) is -0.0853. The van der Waals surface area contributed by atoms with Crippen molar-refractivity contribution in [3.05, 3.63) is 0 Å². The second-order valence-corrected chi connectivity index (χ2v) is 5.45. The summed E-state index contributed by atoms with van der Waals surface area (Å²) in [5.41, 5.74) is 0. The van der Waals surface area contributed by atoms with Crippen LogP contribution >= 0.6 is 0 Å². The molecule has 6 nitrogen and oxygen atoms in total. The van der Waals surface area contributed by atoms with Gasteiger partial charge < -0.3 is 9.80 Å². The van der Waals surface area contributed by atoms with Crippen LogP contribution in [0.4, 0.5) is 4.79 Å². The minimum Gasteiger partial charge on any atom is -0.325 e. The molecule has 0 aromatic carbocycles. The van der Waals surface area contributed by atoms with Crippen molar-refractivity contribution in [3.63, 3.8) is 0 Å². The van der Waals surface area contributed by atoms with E-state index < -0.39 is 0 Å². The van der Waals surface area contributed by atoms with Crippen molar-refractivity contribution in [1.29, 1.82) is 0 Å². The lowest BCUT2D eigenvalue weighted by Gasteiger charge is -2.36. The number of amides is 4. The molecule has 19 heavy (non-hydrogen) atoms. The van der Waals surface area contributed by atoms with Gasteiger partial charge in [-0.05, 0) is 13.8 Å². The number of carbonyl (C=O) groups is 3. The van der Waals surface area contributed by atoms with Crippen molar-refractivity contribution in [2.45, 2.75) is 33.7 Å². The molecule has 1 heterocycles. The predicted molar refractivity (Wildman–Crippen MR) is 71.4 cm³/mol. The molecule has 1 saturated heterocycles. The Bertz CT molecular complexity index is 379. The maximum Gasteiger partial charge on any atom is 0.320 e. The van der Waals surface area contributed by atoms with E-state index in [0.717, 1.165) is 0 Å². The van der Waals surface area contributed by atoms with E-state index in [4.69, 9.17) is 0 Å². The Kier molecular flexibility index (Phi) is 4.91. The molecule has 0 spiro atoms. The molecule has 0 aliphatic carbocycles. The number of hydrogen-bond donors (Lipinski definition) is 0. The van der Waals surface area contributed by atoms with E-state index in [1.165, 1.54) is 9.80 Å². The number of imide groups is 1. The first kappa shape index (κ1) is 15.5. The second-order valence-electron chi connectivity index (χ2n) is 5.45. The van der Waals surface area contributed by atoms with Crippen LogP contribution in [0.2, 0.25) is 0 Å². The van der Waals surface area contributed by atoms with Gasteiger partial charge in [-0.3, -0.25) is 14.5 Å². The molecule has 1 aliphatic heterocycles. The summed E-state index contributed by atoms with van der Waals surface area (Å²) < 4.78 is 0. The summed E-state index contributed by atoms with van der Waals surface area (Å²) in [4.78, 5) is 40.2. The normalized spacial score (nSPS) is 16.3. The maximum absolute atomic E-state index is 12.1. The SMILES string of the molecule is CC(C)C(=O)N1CCN(C(=O)N(C)C(C)C)CC1=O. The van der Waals surface area contributed by atoms with Crippen LogP contribution in [0, 0.1) is 5.92 Å². The highest BCUT2D eigenvalue weighted by molar-refractivity contribution is 5.98. The van der Waals surface area contributed by atoms with Gasteiger partial charge in [0.05, 0.1) is 0 Å². The molecule has 0 bridgehead atoms. The molecule has 0 N–H and O–H groups in total. The Morgan fingerprint density at radius 3 is 2.16 bits per heavy atom. The highest BCUT2D eigenvalue weighted by Crippen LogP contribution is 2.11. The van der Waals surface area contributed by atoms with Gasteiger partial charge in [0.1, 0.15) is 6.54 Å². The van der Waals surface area contributed by atoms with Crippen molar-refractivity contribution in [2.75, 3.05) is 26.7 Å². The predicted octanol–water partition coefficient (Wildman–Crippen LogP) is 0.773. The third kappa shape index (κ3) is 3.45. The van der Waals surface area contributed by atoms with Gasteiger partial charge in [-0.1, -0.05) is 13.8 Å². The average Bonchev–Trinajstić information content (AvgIpc) is 2.35. The fourth-order valence-electron chi connectivity index (χ4n) is 1.83. The van der Waals surface area contributed by atoms with E-state index in [1.807, 2.05) is 13.8 Å². The average molecular weight is 269 g/mol. The fraction of sp³-hybridized carbons (Fsp3) is 0.769. The molecule has 1 aliphatic rings. The molecule has 0 atom stereocenters. The van der Waals surface area contributed by atoms with Crippen LogP contribution in [0.1, 0.15) is 27.7 Å². The number of piperazine rings is 1. The second kappa shape index (κ2) is 6.04. The van der Waals surface area contributed by atoms with Gasteiger partial charge in [0.2, 0.25) is 11.8 Å². The van der Waals surface area contributed by atoms with Gasteiger partial charge in [-0.15, -0.1) is 0 Å². The van der Waals surface area contributed by atoms with Crippen LogP contribution in [-0.4, -0.2) is 65.3 Å². The third-order valence-corrected chi connectivity index (χ3v) is 3.33. The van der Waals surface area contributed by atoms with Gasteiger partial charge in [-0.25, -0.2) is 4.79 Å². The van der Waals surface area contributed by atoms with E-state index in [1.54, 1.807) is 25.8 Å². The molecule has 1 fully saturated rings. The van der Waals surface area contributed by atoms with Gasteiger partial charge in [0, 0.05) is 32.1 Å². The first-order valence-corrected chi connectivity index (χ1v) is 6.61. The van der Waals surface area contributed by atoms with Gasteiger partial charge in [-0.2, -0.15) is 0 Å². The Hall–Kier alpha value is -1.59. The minimum atomic E-state index is -0.296. The van der Waals surface area contributed by atoms with E-state index in [0.29, 0.717) is 6.54 Å². The molecule has 0 radical (unpaired) electrons. The summed E-state index contributed by atoms with van der Waals surface area (Å²) in [6.45, 7) is 8.03. The Morgan fingerprint density at radius 2 is 1.74 bits per heavy atom. The summed E-state index contributed by atoms with van der Waals surface area (Å²) in [5.74, 6) is -0.672. The number of nitrogens with zero attached hydrogens (tertiary/aromatic N) is 3. The Morgan fingerprint density at radius 1 is 1.16 bits per heavy atom. The molecule has 0 aromatic heterocycles. The number of hydrogen-bond acceptors (Lipinski definition) is 3. The summed E-state index contributed by atoms with van der Waals surface area (Å²) in [7, 11) is 1.71. The topological polar surface area (TPSA) is 60.9 Å². The third-order valence-electron chi connectivity index (χ3n) is 3.33. The molecule has 0 saturated carbocycles. The lowest BCUT2D eigenvalue weighted by molar-refractivity contribution is -0.149. The van der Waals surface area contributed by atoms with Crippen LogP contribution in [0.15, 0.2) is 0 Å². The number of rotatable bonds is 2. The summed E-state index contributed by atoms with van der Waals surface area (Å²) in [5, 5.41) is 0. The Labute approximate surface area is 114 Å². The molecule has 0 aromatic rings. The largest absolute Gasteiger partial charge is 0.325 e. The molecule has 1 rings (SSSR count). The lowest BCUT2D eigenvalue weighted by atomic mass is 10.1. The van der Waals surface area contributed by atoms with Crippen LogP contribution < -0.4 is 0 Å². The van der Waals surface area contributed by atoms with Crippen molar-refractivity contribution >= 4 is 17.8 Å². The molecule has 0 unspecified atom stereocenters. The first-order valence-electron chi connectivity index (χ1n) is 6.61. The van der Waals surface area contributed by atoms with Crippen LogP contribution in [0.3, 0.4) is 0 Å². The van der Waals surface area contributed by atoms with Gasteiger partial charge in [0.15, 0.2) is 0 Å². The van der Waals surface area contributed by atoms with Crippen LogP contribution in [0.5, 0.6) is 0 Å². The smallest absolute Gasteiger partial charge is 0.320 e. The van der Waals surface area contributed by atoms with Crippen LogP contribution in [-0.2, 0) is 9.59 Å². The van der Waals surface area contributed by atoms with Crippen molar-refractivity contribution < 1.29 is 14.4 Å². The monoisotopic (exact) mass is 269 g/mol. The number of carbonyl (C=O) groups excluding carboxylic acids is 3. The highest BCUT2D eigenvalue weighted by Gasteiger charge is 2.33. The highest BCUT2D eigenvalue weighted by atomic mass is 16.2. The summed E-state index contributed by atoms with van der Waals surface area (Å²) >= 11 is 0.